The highest BCUT2D eigenvalue weighted by molar-refractivity contribution is 5.37. The highest BCUT2D eigenvalue weighted by Gasteiger charge is 2.10. The van der Waals surface area contributed by atoms with E-state index in [2.05, 4.69) is 19.3 Å². The van der Waals surface area contributed by atoms with Gasteiger partial charge in [-0.15, -0.1) is 0 Å². The number of phenols is 1. The smallest absolute Gasteiger partial charge is 0.120 e. The van der Waals surface area contributed by atoms with E-state index < -0.39 is 0 Å². The number of aromatic hydroxyl groups is 1. The maximum Gasteiger partial charge on any atom is 0.120 e. The van der Waals surface area contributed by atoms with Crippen LogP contribution in [-0.4, -0.2) is 11.7 Å². The first kappa shape index (κ1) is 13.0. The molecule has 0 radical (unpaired) electrons. The maximum atomic E-state index is 9.72. The van der Waals surface area contributed by atoms with Gasteiger partial charge in [-0.05, 0) is 25.8 Å². The van der Waals surface area contributed by atoms with Gasteiger partial charge in [-0.3, -0.25) is 0 Å². The zero-order valence-corrected chi connectivity index (χ0v) is 10.4. The van der Waals surface area contributed by atoms with E-state index in [1.54, 1.807) is 6.07 Å². The molecule has 0 amide bonds. The standard InChI is InChI=1S/C13H21NO2/c1-9(2)8-16-14-11(4)12-7-10(3)5-6-13(12)15/h5-7,9,11,14-15H,8H2,1-4H3. The molecule has 1 atom stereocenters. The van der Waals surface area contributed by atoms with E-state index in [1.807, 2.05) is 26.0 Å². The summed E-state index contributed by atoms with van der Waals surface area (Å²) in [6, 6.07) is 5.55. The monoisotopic (exact) mass is 223 g/mol. The van der Waals surface area contributed by atoms with Gasteiger partial charge in [0.25, 0.3) is 0 Å². The predicted octanol–water partition coefficient (Wildman–Crippen LogP) is 2.94. The lowest BCUT2D eigenvalue weighted by atomic mass is 10.1. The molecule has 0 heterocycles. The Morgan fingerprint density at radius 2 is 2.00 bits per heavy atom. The van der Waals surface area contributed by atoms with E-state index in [9.17, 15) is 5.11 Å². The molecule has 0 aromatic heterocycles. The Kier molecular flexibility index (Phi) is 4.77. The van der Waals surface area contributed by atoms with Crippen LogP contribution in [0.2, 0.25) is 0 Å². The number of aryl methyl sites for hydroxylation is 1. The van der Waals surface area contributed by atoms with Crippen molar-refractivity contribution in [2.75, 3.05) is 6.61 Å². The van der Waals surface area contributed by atoms with E-state index in [0.717, 1.165) is 11.1 Å². The largest absolute Gasteiger partial charge is 0.508 e. The van der Waals surface area contributed by atoms with Crippen LogP contribution in [-0.2, 0) is 4.84 Å². The molecule has 0 aliphatic carbocycles. The average Bonchev–Trinajstić information content (AvgIpc) is 2.21. The van der Waals surface area contributed by atoms with Crippen molar-refractivity contribution in [1.82, 2.24) is 5.48 Å². The van der Waals surface area contributed by atoms with Crippen LogP contribution in [0.3, 0.4) is 0 Å². The Morgan fingerprint density at radius 3 is 2.62 bits per heavy atom. The van der Waals surface area contributed by atoms with Crippen molar-refractivity contribution in [1.29, 1.82) is 0 Å². The number of hydrogen-bond donors (Lipinski definition) is 2. The summed E-state index contributed by atoms with van der Waals surface area (Å²) in [5, 5.41) is 9.72. The zero-order valence-electron chi connectivity index (χ0n) is 10.4. The van der Waals surface area contributed by atoms with Gasteiger partial charge < -0.3 is 9.94 Å². The molecule has 0 aliphatic rings. The fourth-order valence-corrected chi connectivity index (χ4v) is 1.42. The van der Waals surface area contributed by atoms with Crippen molar-refractivity contribution in [3.63, 3.8) is 0 Å². The molecule has 0 bridgehead atoms. The summed E-state index contributed by atoms with van der Waals surface area (Å²) in [7, 11) is 0. The van der Waals surface area contributed by atoms with Crippen molar-refractivity contribution in [3.8, 4) is 5.75 Å². The Morgan fingerprint density at radius 1 is 1.31 bits per heavy atom. The fourth-order valence-electron chi connectivity index (χ4n) is 1.42. The predicted molar refractivity (Wildman–Crippen MR) is 65.2 cm³/mol. The van der Waals surface area contributed by atoms with Gasteiger partial charge in [0.15, 0.2) is 0 Å². The summed E-state index contributed by atoms with van der Waals surface area (Å²) in [5.74, 6) is 0.796. The summed E-state index contributed by atoms with van der Waals surface area (Å²) < 4.78 is 0. The topological polar surface area (TPSA) is 41.5 Å². The first-order valence-corrected chi connectivity index (χ1v) is 5.67. The van der Waals surface area contributed by atoms with Gasteiger partial charge in [0, 0.05) is 5.56 Å². The third-order valence-corrected chi connectivity index (χ3v) is 2.33. The lowest BCUT2D eigenvalue weighted by molar-refractivity contribution is 0.00367. The van der Waals surface area contributed by atoms with E-state index in [-0.39, 0.29) is 6.04 Å². The minimum atomic E-state index is -0.0151. The van der Waals surface area contributed by atoms with Crippen LogP contribution < -0.4 is 5.48 Å². The molecule has 2 N–H and O–H groups in total. The summed E-state index contributed by atoms with van der Waals surface area (Å²) in [4.78, 5) is 5.35. The molecule has 0 fully saturated rings. The number of hydroxylamine groups is 1. The molecule has 3 nitrogen and oxygen atoms in total. The van der Waals surface area contributed by atoms with Gasteiger partial charge in [0.2, 0.25) is 0 Å². The van der Waals surface area contributed by atoms with Crippen LogP contribution in [0, 0.1) is 12.8 Å². The molecule has 90 valence electrons. The Hall–Kier alpha value is -1.06. The van der Waals surface area contributed by atoms with Crippen molar-refractivity contribution in [2.45, 2.75) is 33.7 Å². The average molecular weight is 223 g/mol. The molecule has 0 aliphatic heterocycles. The minimum Gasteiger partial charge on any atom is -0.508 e. The third kappa shape index (κ3) is 3.83. The molecule has 1 aromatic rings. The van der Waals surface area contributed by atoms with Crippen molar-refractivity contribution < 1.29 is 9.94 Å². The highest BCUT2D eigenvalue weighted by atomic mass is 16.6. The van der Waals surface area contributed by atoms with Gasteiger partial charge in [-0.25, -0.2) is 0 Å². The maximum absolute atomic E-state index is 9.72. The van der Waals surface area contributed by atoms with Gasteiger partial charge >= 0.3 is 0 Å². The van der Waals surface area contributed by atoms with Crippen molar-refractivity contribution >= 4 is 0 Å². The number of rotatable bonds is 5. The first-order chi connectivity index (χ1) is 7.50. The molecule has 16 heavy (non-hydrogen) atoms. The quantitative estimate of drug-likeness (QED) is 0.754. The Labute approximate surface area is 97.4 Å². The van der Waals surface area contributed by atoms with Gasteiger partial charge in [-0.1, -0.05) is 31.5 Å². The molecule has 1 rings (SSSR count). The molecule has 0 saturated carbocycles. The van der Waals surface area contributed by atoms with E-state index >= 15 is 0 Å². The van der Waals surface area contributed by atoms with Crippen LogP contribution in [0.15, 0.2) is 18.2 Å². The second-order valence-corrected chi connectivity index (χ2v) is 4.61. The molecular formula is C13H21NO2. The van der Waals surface area contributed by atoms with E-state index in [1.165, 1.54) is 0 Å². The van der Waals surface area contributed by atoms with Crippen LogP contribution in [0.5, 0.6) is 5.75 Å². The van der Waals surface area contributed by atoms with Gasteiger partial charge in [0.1, 0.15) is 5.75 Å². The number of benzene rings is 1. The van der Waals surface area contributed by atoms with Gasteiger partial charge in [0.05, 0.1) is 12.6 Å². The molecule has 1 aromatic carbocycles. The normalized spacial score (nSPS) is 13.1. The van der Waals surface area contributed by atoms with Crippen molar-refractivity contribution in [2.24, 2.45) is 5.92 Å². The third-order valence-electron chi connectivity index (χ3n) is 2.33. The summed E-state index contributed by atoms with van der Waals surface area (Å²) in [6.45, 7) is 8.82. The summed E-state index contributed by atoms with van der Waals surface area (Å²) in [6.07, 6.45) is 0. The van der Waals surface area contributed by atoms with Crippen LogP contribution in [0.25, 0.3) is 0 Å². The van der Waals surface area contributed by atoms with Crippen molar-refractivity contribution in [3.05, 3.63) is 29.3 Å². The second kappa shape index (κ2) is 5.87. The number of phenolic OH excluding ortho intramolecular Hbond substituents is 1. The molecule has 3 heteroatoms. The second-order valence-electron chi connectivity index (χ2n) is 4.61. The van der Waals surface area contributed by atoms with Gasteiger partial charge in [-0.2, -0.15) is 5.48 Å². The zero-order chi connectivity index (χ0) is 12.1. The summed E-state index contributed by atoms with van der Waals surface area (Å²) in [5.41, 5.74) is 4.93. The minimum absolute atomic E-state index is 0.0151. The van der Waals surface area contributed by atoms with Crippen LogP contribution in [0.4, 0.5) is 0 Å². The molecule has 0 saturated heterocycles. The Bertz CT molecular complexity index is 337. The SMILES string of the molecule is Cc1ccc(O)c(C(C)NOCC(C)C)c1. The first-order valence-electron chi connectivity index (χ1n) is 5.67. The van der Waals surface area contributed by atoms with E-state index in [4.69, 9.17) is 4.84 Å². The molecule has 0 spiro atoms. The fraction of sp³-hybridized carbons (Fsp3) is 0.538. The lowest BCUT2D eigenvalue weighted by Crippen LogP contribution is -2.21. The van der Waals surface area contributed by atoms with Crippen LogP contribution >= 0.6 is 0 Å². The summed E-state index contributed by atoms with van der Waals surface area (Å²) >= 11 is 0. The van der Waals surface area contributed by atoms with Crippen LogP contribution in [0.1, 0.15) is 37.9 Å². The molecule has 1 unspecified atom stereocenters. The van der Waals surface area contributed by atoms with E-state index in [0.29, 0.717) is 18.3 Å². The highest BCUT2D eigenvalue weighted by Crippen LogP contribution is 2.24. The number of hydrogen-bond acceptors (Lipinski definition) is 3. The number of nitrogens with one attached hydrogen (secondary N) is 1. The Balaban J connectivity index is 2.58. The lowest BCUT2D eigenvalue weighted by Gasteiger charge is -2.16. The molecular weight excluding hydrogens is 202 g/mol.